The highest BCUT2D eigenvalue weighted by Gasteiger charge is 2.58. The van der Waals surface area contributed by atoms with Crippen molar-refractivity contribution in [1.29, 1.82) is 0 Å². The Balaban J connectivity index is 1.53. The first kappa shape index (κ1) is 29.4. The SMILES string of the molecule is C[C@H](O)CC(=O)NC[C@@]1(O)C2C[C@@H](S(=O)(=O)c3cc(C(=O)Nc4ccc(F)c(F)c4)ccc3Cl)C[C@@H]1[C@H](C)C2. The van der Waals surface area contributed by atoms with Gasteiger partial charge in [-0.25, -0.2) is 17.2 Å². The van der Waals surface area contributed by atoms with E-state index in [0.717, 1.165) is 18.2 Å². The lowest BCUT2D eigenvalue weighted by Crippen LogP contribution is -2.55. The van der Waals surface area contributed by atoms with Gasteiger partial charge in [0.05, 0.1) is 33.3 Å². The summed E-state index contributed by atoms with van der Waals surface area (Å²) in [5.74, 6) is -4.12. The second-order valence-electron chi connectivity index (χ2n) is 10.7. The molecular formula is C27H31ClF2N2O6S. The van der Waals surface area contributed by atoms with Crippen LogP contribution in [0.4, 0.5) is 14.5 Å². The number of rotatable bonds is 8. The van der Waals surface area contributed by atoms with Crippen molar-refractivity contribution in [1.82, 2.24) is 5.32 Å². The Morgan fingerprint density at radius 1 is 1.13 bits per heavy atom. The molecule has 2 aliphatic rings. The Morgan fingerprint density at radius 3 is 2.49 bits per heavy atom. The Labute approximate surface area is 230 Å². The van der Waals surface area contributed by atoms with Gasteiger partial charge < -0.3 is 20.8 Å². The number of hydrogen-bond acceptors (Lipinski definition) is 6. The second-order valence-corrected chi connectivity index (χ2v) is 13.3. The van der Waals surface area contributed by atoms with Gasteiger partial charge in [-0.1, -0.05) is 18.5 Å². The van der Waals surface area contributed by atoms with E-state index in [9.17, 15) is 37.0 Å². The first-order chi connectivity index (χ1) is 18.2. The summed E-state index contributed by atoms with van der Waals surface area (Å²) in [6.45, 7) is 3.40. The molecule has 4 rings (SSSR count). The number of carbonyl (C=O) groups excluding carboxylic acids is 2. The summed E-state index contributed by atoms with van der Waals surface area (Å²) in [4.78, 5) is 24.6. The van der Waals surface area contributed by atoms with E-state index in [1.165, 1.54) is 25.1 Å². The molecule has 0 aliphatic heterocycles. The Kier molecular flexibility index (Phi) is 8.37. The zero-order valence-corrected chi connectivity index (χ0v) is 23.0. The number of carbonyl (C=O) groups is 2. The number of anilines is 1. The first-order valence-corrected chi connectivity index (χ1v) is 14.6. The zero-order valence-electron chi connectivity index (χ0n) is 21.5. The standard InChI is InChI=1S/C27H31ClF2N2O6S/c1-14-7-17-10-19(12-20(14)27(17,36)13-31-25(34)8-15(2)33)39(37,38)24-9-16(3-5-21(24)28)26(35)32-18-4-6-22(29)23(30)11-18/h3-6,9,11,14-15,17,19-20,33,36H,7-8,10,12-13H2,1-2H3,(H,31,34)(H,32,35)/t14-,15+,17?,19-,20-,27-/m1/s1. The van der Waals surface area contributed by atoms with E-state index < -0.39 is 62.1 Å². The number of halogens is 3. The van der Waals surface area contributed by atoms with E-state index >= 15 is 0 Å². The van der Waals surface area contributed by atoms with Crippen LogP contribution in [0.15, 0.2) is 41.3 Å². The molecule has 2 aliphatic carbocycles. The van der Waals surface area contributed by atoms with Gasteiger partial charge in [0.1, 0.15) is 0 Å². The minimum absolute atomic E-state index is 0.00377. The molecule has 39 heavy (non-hydrogen) atoms. The van der Waals surface area contributed by atoms with Gasteiger partial charge in [0.25, 0.3) is 5.91 Å². The number of hydrogen-bond donors (Lipinski definition) is 4. The van der Waals surface area contributed by atoms with Crippen LogP contribution in [0.1, 0.15) is 49.9 Å². The molecule has 8 nitrogen and oxygen atoms in total. The van der Waals surface area contributed by atoms with Crippen molar-refractivity contribution in [2.24, 2.45) is 17.8 Å². The average Bonchev–Trinajstić information content (AvgIpc) is 2.97. The molecule has 0 heterocycles. The fourth-order valence-corrected chi connectivity index (χ4v) is 8.35. The zero-order chi connectivity index (χ0) is 28.7. The predicted octanol–water partition coefficient (Wildman–Crippen LogP) is 3.70. The molecule has 2 aromatic carbocycles. The summed E-state index contributed by atoms with van der Waals surface area (Å²) in [7, 11) is -4.03. The molecule has 0 saturated heterocycles. The summed E-state index contributed by atoms with van der Waals surface area (Å²) in [6, 6.07) is 6.64. The van der Waals surface area contributed by atoms with Crippen LogP contribution in [-0.4, -0.2) is 53.9 Å². The van der Waals surface area contributed by atoms with Gasteiger partial charge in [-0.3, -0.25) is 9.59 Å². The van der Waals surface area contributed by atoms with Crippen LogP contribution in [0.2, 0.25) is 5.02 Å². The normalized spacial score (nSPS) is 27.2. The van der Waals surface area contributed by atoms with Crippen LogP contribution in [0.5, 0.6) is 0 Å². The minimum Gasteiger partial charge on any atom is -0.393 e. The van der Waals surface area contributed by atoms with E-state index in [2.05, 4.69) is 10.6 Å². The van der Waals surface area contributed by atoms with Gasteiger partial charge in [0, 0.05) is 23.9 Å². The topological polar surface area (TPSA) is 133 Å². The van der Waals surface area contributed by atoms with Crippen LogP contribution < -0.4 is 10.6 Å². The Bertz CT molecular complexity index is 1390. The van der Waals surface area contributed by atoms with Crippen molar-refractivity contribution in [3.05, 3.63) is 58.6 Å². The third-order valence-electron chi connectivity index (χ3n) is 7.92. The highest BCUT2D eigenvalue weighted by molar-refractivity contribution is 7.92. The summed E-state index contributed by atoms with van der Waals surface area (Å²) < 4.78 is 54.3. The third-order valence-corrected chi connectivity index (χ3v) is 10.6. The fraction of sp³-hybridized carbons (Fsp3) is 0.481. The van der Waals surface area contributed by atoms with Crippen LogP contribution in [-0.2, 0) is 14.6 Å². The number of aliphatic hydroxyl groups is 2. The minimum atomic E-state index is -4.03. The third kappa shape index (κ3) is 5.96. The molecular weight excluding hydrogens is 554 g/mol. The van der Waals surface area contributed by atoms with Crippen molar-refractivity contribution in [2.45, 2.75) is 61.4 Å². The van der Waals surface area contributed by atoms with E-state index in [1.54, 1.807) is 0 Å². The quantitative estimate of drug-likeness (QED) is 0.374. The molecule has 0 aromatic heterocycles. The van der Waals surface area contributed by atoms with Crippen LogP contribution in [0, 0.1) is 29.4 Å². The van der Waals surface area contributed by atoms with Crippen LogP contribution >= 0.6 is 11.6 Å². The van der Waals surface area contributed by atoms with Gasteiger partial charge >= 0.3 is 0 Å². The summed E-state index contributed by atoms with van der Waals surface area (Å²) in [5, 5.41) is 25.1. The molecule has 2 bridgehead atoms. The number of sulfone groups is 1. The molecule has 0 radical (unpaired) electrons. The first-order valence-electron chi connectivity index (χ1n) is 12.7. The monoisotopic (exact) mass is 584 g/mol. The van der Waals surface area contributed by atoms with Gasteiger partial charge in [-0.05, 0) is 74.3 Å². The lowest BCUT2D eigenvalue weighted by atomic mass is 9.73. The van der Waals surface area contributed by atoms with Gasteiger partial charge in [0.2, 0.25) is 5.91 Å². The van der Waals surface area contributed by atoms with Gasteiger partial charge in [-0.15, -0.1) is 0 Å². The number of fused-ring (bicyclic) bond motifs is 2. The van der Waals surface area contributed by atoms with E-state index in [4.69, 9.17) is 11.6 Å². The van der Waals surface area contributed by atoms with Crippen molar-refractivity contribution in [3.63, 3.8) is 0 Å². The smallest absolute Gasteiger partial charge is 0.255 e. The average molecular weight is 585 g/mol. The van der Waals surface area contributed by atoms with Crippen molar-refractivity contribution in [2.75, 3.05) is 11.9 Å². The van der Waals surface area contributed by atoms with Crippen molar-refractivity contribution >= 4 is 38.9 Å². The summed E-state index contributed by atoms with van der Waals surface area (Å²) in [6.07, 6.45) is -0.0474. The lowest BCUT2D eigenvalue weighted by Gasteiger charge is -2.43. The van der Waals surface area contributed by atoms with E-state index in [-0.39, 0.29) is 52.9 Å². The van der Waals surface area contributed by atoms with E-state index in [0.29, 0.717) is 6.42 Å². The fourth-order valence-electron chi connectivity index (χ4n) is 5.97. The van der Waals surface area contributed by atoms with Gasteiger partial charge in [0.15, 0.2) is 21.5 Å². The predicted molar refractivity (Wildman–Crippen MR) is 141 cm³/mol. The molecule has 2 saturated carbocycles. The van der Waals surface area contributed by atoms with Gasteiger partial charge in [-0.2, -0.15) is 0 Å². The summed E-state index contributed by atoms with van der Waals surface area (Å²) >= 11 is 6.28. The lowest BCUT2D eigenvalue weighted by molar-refractivity contribution is -0.126. The maximum absolute atomic E-state index is 13.8. The number of aliphatic hydroxyl groups excluding tert-OH is 1. The molecule has 2 fully saturated rings. The van der Waals surface area contributed by atoms with Crippen molar-refractivity contribution < 1.29 is 37.0 Å². The highest BCUT2D eigenvalue weighted by Crippen LogP contribution is 2.54. The van der Waals surface area contributed by atoms with Crippen LogP contribution in [0.3, 0.4) is 0 Å². The molecule has 2 amide bonds. The van der Waals surface area contributed by atoms with E-state index in [1.807, 2.05) is 6.92 Å². The summed E-state index contributed by atoms with van der Waals surface area (Å²) in [5.41, 5.74) is -1.32. The molecule has 212 valence electrons. The maximum atomic E-state index is 13.8. The number of benzene rings is 2. The van der Waals surface area contributed by atoms with Crippen molar-refractivity contribution in [3.8, 4) is 0 Å². The molecule has 6 atom stereocenters. The molecule has 1 unspecified atom stereocenters. The highest BCUT2D eigenvalue weighted by atomic mass is 35.5. The molecule has 12 heteroatoms. The molecule has 2 aromatic rings. The Hall–Kier alpha value is -2.60. The maximum Gasteiger partial charge on any atom is 0.255 e. The number of amides is 2. The second kappa shape index (κ2) is 11.1. The largest absolute Gasteiger partial charge is 0.393 e. The molecule has 0 spiro atoms. The Morgan fingerprint density at radius 2 is 1.85 bits per heavy atom. The van der Waals surface area contributed by atoms with Crippen LogP contribution in [0.25, 0.3) is 0 Å². The molecule has 4 N–H and O–H groups in total. The number of nitrogens with one attached hydrogen (secondary N) is 2.